The second kappa shape index (κ2) is 12.5. The van der Waals surface area contributed by atoms with Gasteiger partial charge in [-0.05, 0) is 68.4 Å². The molecule has 2 aliphatic rings. The summed E-state index contributed by atoms with van der Waals surface area (Å²) >= 11 is 0. The SMILES string of the molecule is CS(=O)(=O)OC[C@H]1CC[C@@H](COS(C)(=O)=O)[C@@H](CC(NC(=O)c2ccccc2)C(=O)N2CCCC2)C1. The summed E-state index contributed by atoms with van der Waals surface area (Å²) in [4.78, 5) is 28.1. The minimum Gasteiger partial charge on any atom is -0.341 e. The van der Waals surface area contributed by atoms with E-state index in [9.17, 15) is 26.4 Å². The summed E-state index contributed by atoms with van der Waals surface area (Å²) in [6, 6.07) is 7.85. The number of hydrogen-bond donors (Lipinski definition) is 1. The Morgan fingerprint density at radius 2 is 1.56 bits per heavy atom. The normalized spacial score (nSPS) is 23.8. The van der Waals surface area contributed by atoms with Crippen molar-refractivity contribution >= 4 is 32.1 Å². The van der Waals surface area contributed by atoms with Gasteiger partial charge in [0.2, 0.25) is 5.91 Å². The third kappa shape index (κ3) is 9.13. The maximum atomic E-state index is 13.4. The van der Waals surface area contributed by atoms with Gasteiger partial charge >= 0.3 is 0 Å². The van der Waals surface area contributed by atoms with Gasteiger partial charge in [0.05, 0.1) is 25.7 Å². The summed E-state index contributed by atoms with van der Waals surface area (Å²) < 4.78 is 56.4. The molecule has 1 saturated carbocycles. The fourth-order valence-corrected chi connectivity index (χ4v) is 5.89. The van der Waals surface area contributed by atoms with Crippen LogP contribution < -0.4 is 5.32 Å². The van der Waals surface area contributed by atoms with Crippen LogP contribution in [0.15, 0.2) is 30.3 Å². The maximum absolute atomic E-state index is 13.4. The van der Waals surface area contributed by atoms with Crippen LogP contribution in [0.25, 0.3) is 0 Å². The van der Waals surface area contributed by atoms with E-state index in [1.54, 1.807) is 35.2 Å². The molecular weight excluding hydrogens is 508 g/mol. The first kappa shape index (κ1) is 28.5. The van der Waals surface area contributed by atoms with Crippen LogP contribution in [0.5, 0.6) is 0 Å². The Kier molecular flexibility index (Phi) is 9.90. The molecule has 1 aliphatic carbocycles. The molecule has 0 aromatic heterocycles. The highest BCUT2D eigenvalue weighted by Crippen LogP contribution is 2.38. The van der Waals surface area contributed by atoms with Crippen molar-refractivity contribution in [2.24, 2.45) is 17.8 Å². The highest BCUT2D eigenvalue weighted by molar-refractivity contribution is 7.86. The molecule has 1 aromatic rings. The molecule has 1 N–H and O–H groups in total. The molecule has 10 nitrogen and oxygen atoms in total. The maximum Gasteiger partial charge on any atom is 0.264 e. The van der Waals surface area contributed by atoms with Crippen molar-refractivity contribution < 1.29 is 34.8 Å². The molecule has 1 aromatic carbocycles. The predicted octanol–water partition coefficient (Wildman–Crippen LogP) is 1.78. The molecule has 1 heterocycles. The standard InChI is InChI=1S/C24H36N2O8S2/c1-35(29,30)33-16-18-10-11-20(17-34-36(2,31)32)21(14-18)15-22(24(28)26-12-6-7-13-26)25-23(27)19-8-4-3-5-9-19/h3-5,8-9,18,20-22H,6-7,10-17H2,1-2H3,(H,25,27)/t18-,20-,21+,22?/m0/s1. The van der Waals surface area contributed by atoms with E-state index in [0.29, 0.717) is 44.3 Å². The largest absolute Gasteiger partial charge is 0.341 e. The summed E-state index contributed by atoms with van der Waals surface area (Å²) in [5, 5.41) is 2.90. The molecule has 1 saturated heterocycles. The second-order valence-electron chi connectivity index (χ2n) is 9.84. The Morgan fingerprint density at radius 3 is 2.17 bits per heavy atom. The number of benzene rings is 1. The van der Waals surface area contributed by atoms with E-state index >= 15 is 0 Å². The smallest absolute Gasteiger partial charge is 0.264 e. The van der Waals surface area contributed by atoms with Crippen LogP contribution in [-0.2, 0) is 33.4 Å². The lowest BCUT2D eigenvalue weighted by molar-refractivity contribution is -0.133. The Labute approximate surface area is 214 Å². The quantitative estimate of drug-likeness (QED) is 0.417. The molecule has 0 bridgehead atoms. The predicted molar refractivity (Wildman–Crippen MR) is 134 cm³/mol. The minimum atomic E-state index is -3.65. The fraction of sp³-hybridized carbons (Fsp3) is 0.667. The van der Waals surface area contributed by atoms with Gasteiger partial charge in [0.15, 0.2) is 0 Å². The Balaban J connectivity index is 1.79. The van der Waals surface area contributed by atoms with Crippen LogP contribution in [0.1, 0.15) is 48.9 Å². The minimum absolute atomic E-state index is 0.0239. The molecule has 2 amide bonds. The molecule has 0 radical (unpaired) electrons. The van der Waals surface area contributed by atoms with Crippen LogP contribution in [0.3, 0.4) is 0 Å². The fourth-order valence-electron chi connectivity index (χ4n) is 5.03. The lowest BCUT2D eigenvalue weighted by Crippen LogP contribution is -2.49. The first-order valence-electron chi connectivity index (χ1n) is 12.2. The number of carbonyl (C=O) groups is 2. The third-order valence-corrected chi connectivity index (χ3v) is 7.99. The van der Waals surface area contributed by atoms with E-state index < -0.39 is 26.3 Å². The van der Waals surface area contributed by atoms with Crippen molar-refractivity contribution in [3.05, 3.63) is 35.9 Å². The highest BCUT2D eigenvalue weighted by atomic mass is 32.2. The molecule has 202 valence electrons. The Bertz CT molecular complexity index is 1100. The van der Waals surface area contributed by atoms with Crippen LogP contribution in [0.4, 0.5) is 0 Å². The average Bonchev–Trinajstić information content (AvgIpc) is 3.36. The monoisotopic (exact) mass is 544 g/mol. The molecule has 0 spiro atoms. The van der Waals surface area contributed by atoms with E-state index in [-0.39, 0.29) is 42.8 Å². The van der Waals surface area contributed by atoms with Crippen molar-refractivity contribution in [2.75, 3.05) is 38.8 Å². The third-order valence-electron chi connectivity index (χ3n) is 6.86. The molecule has 1 unspecified atom stereocenters. The number of carbonyl (C=O) groups excluding carboxylic acids is 2. The topological polar surface area (TPSA) is 136 Å². The van der Waals surface area contributed by atoms with Gasteiger partial charge in [-0.15, -0.1) is 0 Å². The molecule has 1 aliphatic heterocycles. The van der Waals surface area contributed by atoms with Gasteiger partial charge in [-0.2, -0.15) is 16.8 Å². The summed E-state index contributed by atoms with van der Waals surface area (Å²) in [7, 11) is -7.25. The highest BCUT2D eigenvalue weighted by Gasteiger charge is 2.37. The van der Waals surface area contributed by atoms with E-state index in [0.717, 1.165) is 25.4 Å². The molecule has 4 atom stereocenters. The van der Waals surface area contributed by atoms with E-state index in [4.69, 9.17) is 8.37 Å². The molecule has 2 fully saturated rings. The summed E-state index contributed by atoms with van der Waals surface area (Å²) in [5.74, 6) is -0.941. The van der Waals surface area contributed by atoms with Crippen molar-refractivity contribution in [2.45, 2.75) is 44.6 Å². The first-order chi connectivity index (χ1) is 16.9. The average molecular weight is 545 g/mol. The molecule has 3 rings (SSSR count). The van der Waals surface area contributed by atoms with Crippen LogP contribution in [0, 0.1) is 17.8 Å². The zero-order valence-corrected chi connectivity index (χ0v) is 22.4. The lowest BCUT2D eigenvalue weighted by atomic mass is 9.72. The lowest BCUT2D eigenvalue weighted by Gasteiger charge is -2.38. The summed E-state index contributed by atoms with van der Waals surface area (Å²) in [5.41, 5.74) is 0.441. The van der Waals surface area contributed by atoms with Gasteiger partial charge < -0.3 is 10.2 Å². The molecular formula is C24H36N2O8S2. The summed E-state index contributed by atoms with van der Waals surface area (Å²) in [6.07, 6.45) is 5.86. The number of nitrogens with one attached hydrogen (secondary N) is 1. The Hall–Kier alpha value is -2.02. The van der Waals surface area contributed by atoms with Crippen molar-refractivity contribution in [3.8, 4) is 0 Å². The van der Waals surface area contributed by atoms with Gasteiger partial charge in [-0.1, -0.05) is 18.2 Å². The second-order valence-corrected chi connectivity index (χ2v) is 13.1. The van der Waals surface area contributed by atoms with Crippen molar-refractivity contribution in [3.63, 3.8) is 0 Å². The zero-order valence-electron chi connectivity index (χ0n) is 20.8. The van der Waals surface area contributed by atoms with Gasteiger partial charge in [-0.3, -0.25) is 18.0 Å². The van der Waals surface area contributed by atoms with E-state index in [1.165, 1.54) is 0 Å². The van der Waals surface area contributed by atoms with Crippen LogP contribution in [-0.4, -0.2) is 78.4 Å². The Morgan fingerprint density at radius 1 is 0.944 bits per heavy atom. The van der Waals surface area contributed by atoms with E-state index in [1.807, 2.05) is 0 Å². The van der Waals surface area contributed by atoms with Crippen molar-refractivity contribution in [1.82, 2.24) is 10.2 Å². The van der Waals surface area contributed by atoms with Crippen molar-refractivity contribution in [1.29, 1.82) is 0 Å². The number of nitrogens with zero attached hydrogens (tertiary/aromatic N) is 1. The van der Waals surface area contributed by atoms with Crippen LogP contribution in [0.2, 0.25) is 0 Å². The number of rotatable bonds is 11. The number of hydrogen-bond acceptors (Lipinski definition) is 8. The number of likely N-dealkylation sites (tertiary alicyclic amines) is 1. The first-order valence-corrected chi connectivity index (χ1v) is 15.9. The van der Waals surface area contributed by atoms with Gasteiger partial charge in [0.25, 0.3) is 26.1 Å². The molecule has 12 heteroatoms. The number of amides is 2. The zero-order chi connectivity index (χ0) is 26.3. The van der Waals surface area contributed by atoms with E-state index in [2.05, 4.69) is 5.32 Å². The van der Waals surface area contributed by atoms with Gasteiger partial charge in [0, 0.05) is 18.7 Å². The van der Waals surface area contributed by atoms with Gasteiger partial charge in [0.1, 0.15) is 6.04 Å². The van der Waals surface area contributed by atoms with Gasteiger partial charge in [-0.25, -0.2) is 0 Å². The van der Waals surface area contributed by atoms with Crippen LogP contribution >= 0.6 is 0 Å². The summed E-state index contributed by atoms with van der Waals surface area (Å²) in [6.45, 7) is 1.26. The molecule has 36 heavy (non-hydrogen) atoms.